The van der Waals surface area contributed by atoms with Crippen LogP contribution in [0.25, 0.3) is 0 Å². The molecule has 28 heavy (non-hydrogen) atoms. The summed E-state index contributed by atoms with van der Waals surface area (Å²) in [7, 11) is 1.64. The van der Waals surface area contributed by atoms with Gasteiger partial charge in [0.1, 0.15) is 5.75 Å². The number of rotatable bonds is 8. The summed E-state index contributed by atoms with van der Waals surface area (Å²) in [5, 5.41) is 6.09. The lowest BCUT2D eigenvalue weighted by Gasteiger charge is -2.55. The van der Waals surface area contributed by atoms with Crippen molar-refractivity contribution in [3.63, 3.8) is 0 Å². The van der Waals surface area contributed by atoms with E-state index in [-0.39, 0.29) is 17.2 Å². The quantitative estimate of drug-likeness (QED) is 0.675. The van der Waals surface area contributed by atoms with Crippen LogP contribution in [0.5, 0.6) is 5.75 Å². The molecule has 0 radical (unpaired) electrons. The van der Waals surface area contributed by atoms with Gasteiger partial charge in [0.05, 0.1) is 7.11 Å². The summed E-state index contributed by atoms with van der Waals surface area (Å²) in [4.78, 5) is 24.9. The first-order valence-electron chi connectivity index (χ1n) is 10.7. The van der Waals surface area contributed by atoms with Gasteiger partial charge in [-0.1, -0.05) is 12.1 Å². The van der Waals surface area contributed by atoms with Crippen LogP contribution >= 0.6 is 0 Å². The Morgan fingerprint density at radius 1 is 1.00 bits per heavy atom. The number of carbonyl (C=O) groups excluding carboxylic acids is 2. The zero-order chi connectivity index (χ0) is 19.6. The van der Waals surface area contributed by atoms with E-state index in [0.29, 0.717) is 25.9 Å². The van der Waals surface area contributed by atoms with Gasteiger partial charge in [-0.05, 0) is 80.4 Å². The molecule has 4 aliphatic rings. The molecule has 2 N–H and O–H groups in total. The largest absolute Gasteiger partial charge is 0.497 e. The molecule has 0 heterocycles. The topological polar surface area (TPSA) is 67.4 Å². The minimum absolute atomic E-state index is 0.0277. The first-order valence-corrected chi connectivity index (χ1v) is 10.7. The summed E-state index contributed by atoms with van der Waals surface area (Å²) < 4.78 is 5.13. The molecular weight excluding hydrogens is 352 g/mol. The lowest BCUT2D eigenvalue weighted by molar-refractivity contribution is -0.146. The third-order valence-corrected chi connectivity index (χ3v) is 7.03. The summed E-state index contributed by atoms with van der Waals surface area (Å²) in [6.45, 7) is 1.11. The van der Waals surface area contributed by atoms with Gasteiger partial charge < -0.3 is 15.4 Å². The fraction of sp³-hybridized carbons (Fsp3) is 0.652. The molecule has 0 aromatic heterocycles. The van der Waals surface area contributed by atoms with Crippen molar-refractivity contribution in [1.29, 1.82) is 0 Å². The summed E-state index contributed by atoms with van der Waals surface area (Å²) in [6.07, 6.45) is 8.44. The first kappa shape index (κ1) is 19.3. The van der Waals surface area contributed by atoms with Gasteiger partial charge in [0.2, 0.25) is 11.8 Å². The Bertz CT molecular complexity index is 678. The molecule has 5 nitrogen and oxygen atoms in total. The van der Waals surface area contributed by atoms with Crippen molar-refractivity contribution >= 4 is 11.8 Å². The van der Waals surface area contributed by atoms with Gasteiger partial charge in [0, 0.05) is 24.9 Å². The van der Waals surface area contributed by atoms with E-state index in [4.69, 9.17) is 4.74 Å². The summed E-state index contributed by atoms with van der Waals surface area (Å²) in [5.41, 5.74) is 0.954. The predicted octanol–water partition coefficient (Wildman–Crippen LogP) is 3.42. The smallest absolute Gasteiger partial charge is 0.226 e. The van der Waals surface area contributed by atoms with Crippen LogP contribution in [0.2, 0.25) is 0 Å². The first-order chi connectivity index (χ1) is 13.6. The highest BCUT2D eigenvalue weighted by atomic mass is 16.5. The van der Waals surface area contributed by atoms with E-state index in [1.807, 2.05) is 24.3 Å². The van der Waals surface area contributed by atoms with Gasteiger partial charge in [0.25, 0.3) is 0 Å². The van der Waals surface area contributed by atoms with Crippen molar-refractivity contribution in [2.45, 2.75) is 57.9 Å². The Kier molecular flexibility index (Phi) is 5.61. The molecule has 1 aromatic carbocycles. The molecule has 0 aliphatic heterocycles. The number of ether oxygens (including phenoxy) is 1. The molecule has 1 aromatic rings. The predicted molar refractivity (Wildman–Crippen MR) is 108 cm³/mol. The lowest BCUT2D eigenvalue weighted by Crippen LogP contribution is -2.53. The van der Waals surface area contributed by atoms with Crippen molar-refractivity contribution in [1.82, 2.24) is 10.6 Å². The fourth-order valence-electron chi connectivity index (χ4n) is 6.06. The number of hydrogen-bond acceptors (Lipinski definition) is 3. The Morgan fingerprint density at radius 3 is 2.18 bits per heavy atom. The summed E-state index contributed by atoms with van der Waals surface area (Å²) in [5.74, 6) is 3.43. The van der Waals surface area contributed by atoms with E-state index < -0.39 is 0 Å². The Labute approximate surface area is 167 Å². The number of hydrogen-bond donors (Lipinski definition) is 2. The summed E-state index contributed by atoms with van der Waals surface area (Å²) >= 11 is 0. The zero-order valence-electron chi connectivity index (χ0n) is 16.8. The van der Waals surface area contributed by atoms with Crippen molar-refractivity contribution in [2.75, 3.05) is 13.7 Å². The third-order valence-electron chi connectivity index (χ3n) is 7.03. The Morgan fingerprint density at radius 2 is 1.61 bits per heavy atom. The molecular formula is C23H32N2O3. The van der Waals surface area contributed by atoms with E-state index in [1.165, 1.54) is 19.3 Å². The van der Waals surface area contributed by atoms with Crippen LogP contribution in [0, 0.1) is 23.2 Å². The summed E-state index contributed by atoms with van der Waals surface area (Å²) in [6, 6.07) is 7.68. The van der Waals surface area contributed by atoms with Gasteiger partial charge in [0.15, 0.2) is 0 Å². The molecule has 0 unspecified atom stereocenters. The van der Waals surface area contributed by atoms with E-state index in [9.17, 15) is 9.59 Å². The maximum atomic E-state index is 12.9. The highest BCUT2D eigenvalue weighted by molar-refractivity contribution is 5.83. The molecule has 5 heteroatoms. The molecule has 4 saturated carbocycles. The molecule has 152 valence electrons. The van der Waals surface area contributed by atoms with E-state index in [2.05, 4.69) is 10.6 Å². The minimum Gasteiger partial charge on any atom is -0.497 e. The Hall–Kier alpha value is -2.04. The van der Waals surface area contributed by atoms with Crippen LogP contribution in [0.4, 0.5) is 0 Å². The fourth-order valence-corrected chi connectivity index (χ4v) is 6.06. The zero-order valence-corrected chi connectivity index (χ0v) is 16.8. The van der Waals surface area contributed by atoms with Gasteiger partial charge in [-0.2, -0.15) is 0 Å². The number of nitrogens with one attached hydrogen (secondary N) is 2. The molecule has 0 spiro atoms. The van der Waals surface area contributed by atoms with Crippen LogP contribution in [-0.4, -0.2) is 25.5 Å². The molecule has 0 atom stereocenters. The highest BCUT2D eigenvalue weighted by Crippen LogP contribution is 2.60. The molecule has 4 bridgehead atoms. The average Bonchev–Trinajstić information content (AvgIpc) is 2.69. The maximum Gasteiger partial charge on any atom is 0.226 e. The van der Waals surface area contributed by atoms with Crippen molar-refractivity contribution in [3.8, 4) is 5.75 Å². The third kappa shape index (κ3) is 4.18. The van der Waals surface area contributed by atoms with Gasteiger partial charge in [-0.15, -0.1) is 0 Å². The van der Waals surface area contributed by atoms with E-state index in [0.717, 1.165) is 48.3 Å². The number of methoxy groups -OCH3 is 1. The van der Waals surface area contributed by atoms with Crippen LogP contribution in [0.1, 0.15) is 56.9 Å². The highest BCUT2D eigenvalue weighted by Gasteiger charge is 2.54. The molecule has 4 fully saturated rings. The van der Waals surface area contributed by atoms with Crippen LogP contribution < -0.4 is 15.4 Å². The number of benzene rings is 1. The van der Waals surface area contributed by atoms with Gasteiger partial charge in [-0.25, -0.2) is 0 Å². The second-order valence-electron chi connectivity index (χ2n) is 9.18. The molecule has 4 aliphatic carbocycles. The van der Waals surface area contributed by atoms with Crippen LogP contribution in [0.15, 0.2) is 24.3 Å². The van der Waals surface area contributed by atoms with E-state index >= 15 is 0 Å². The number of amides is 2. The normalized spacial score (nSPS) is 30.1. The second kappa shape index (κ2) is 8.14. The standard InChI is InChI=1S/C23H32N2O3/c1-28-20-6-4-16(5-7-20)15-25-21(26)3-2-8-24-22(27)23-12-17-9-18(13-23)11-19(10-17)14-23/h4-7,17-19H,2-3,8-15H2,1H3,(H,24,27)(H,25,26). The van der Waals surface area contributed by atoms with Crippen LogP contribution in [0.3, 0.4) is 0 Å². The minimum atomic E-state index is -0.0919. The van der Waals surface area contributed by atoms with Crippen molar-refractivity contribution in [3.05, 3.63) is 29.8 Å². The average molecular weight is 385 g/mol. The number of carbonyl (C=O) groups is 2. The lowest BCUT2D eigenvalue weighted by atomic mass is 9.49. The van der Waals surface area contributed by atoms with Crippen molar-refractivity contribution in [2.24, 2.45) is 23.2 Å². The SMILES string of the molecule is COc1ccc(CNC(=O)CCCNC(=O)C23CC4CC(CC(C4)C2)C3)cc1. The van der Waals surface area contributed by atoms with Crippen LogP contribution in [-0.2, 0) is 16.1 Å². The monoisotopic (exact) mass is 384 g/mol. The van der Waals surface area contributed by atoms with E-state index in [1.54, 1.807) is 7.11 Å². The van der Waals surface area contributed by atoms with Gasteiger partial charge >= 0.3 is 0 Å². The van der Waals surface area contributed by atoms with Crippen molar-refractivity contribution < 1.29 is 14.3 Å². The molecule has 2 amide bonds. The van der Waals surface area contributed by atoms with Gasteiger partial charge in [-0.3, -0.25) is 9.59 Å². The second-order valence-corrected chi connectivity index (χ2v) is 9.18. The maximum absolute atomic E-state index is 12.9. The molecule has 0 saturated heterocycles. The molecule has 5 rings (SSSR count). The Balaban J connectivity index is 1.15.